The van der Waals surface area contributed by atoms with Gasteiger partial charge in [-0.05, 0) is 18.8 Å². The minimum absolute atomic E-state index is 0.0463. The lowest BCUT2D eigenvalue weighted by Crippen LogP contribution is -2.32. The summed E-state index contributed by atoms with van der Waals surface area (Å²) in [6.45, 7) is 4.12. The van der Waals surface area contributed by atoms with Crippen LogP contribution in [0.2, 0.25) is 0 Å². The molecule has 0 amide bonds. The molecule has 0 saturated heterocycles. The van der Waals surface area contributed by atoms with Crippen LogP contribution in [-0.2, 0) is 9.53 Å². The maximum Gasteiger partial charge on any atom is 0.308 e. The second-order valence-electron chi connectivity index (χ2n) is 3.78. The summed E-state index contributed by atoms with van der Waals surface area (Å²) in [6.07, 6.45) is 1.41. The zero-order valence-corrected chi connectivity index (χ0v) is 7.62. The molecule has 0 radical (unpaired) electrons. The average Bonchev–Trinajstić information content (AvgIpc) is 1.95. The minimum atomic E-state index is -0.159. The number of ether oxygens (including phenoxy) is 1. The van der Waals surface area contributed by atoms with E-state index in [2.05, 4.69) is 0 Å². The van der Waals surface area contributed by atoms with E-state index in [9.17, 15) is 4.79 Å². The quantitative estimate of drug-likeness (QED) is 0.645. The molecule has 0 aliphatic heterocycles. The first-order valence-electron chi connectivity index (χ1n) is 4.44. The van der Waals surface area contributed by atoms with Crippen LogP contribution in [0.4, 0.5) is 0 Å². The Hall–Kier alpha value is -0.570. The third kappa shape index (κ3) is 2.48. The molecule has 0 aromatic rings. The van der Waals surface area contributed by atoms with E-state index in [1.807, 2.05) is 13.8 Å². The van der Waals surface area contributed by atoms with Crippen LogP contribution in [0, 0.1) is 11.8 Å². The molecule has 1 N–H and O–H groups in total. The van der Waals surface area contributed by atoms with E-state index in [0.717, 1.165) is 12.8 Å². The van der Waals surface area contributed by atoms with Gasteiger partial charge in [0.2, 0.25) is 0 Å². The molecule has 0 unspecified atom stereocenters. The van der Waals surface area contributed by atoms with Crippen molar-refractivity contribution in [3.8, 4) is 0 Å². The van der Waals surface area contributed by atoms with Crippen LogP contribution in [0.3, 0.4) is 0 Å². The predicted octanol–water partition coefficient (Wildman–Crippen LogP) is 0.957. The van der Waals surface area contributed by atoms with Gasteiger partial charge in [-0.3, -0.25) is 4.79 Å². The minimum Gasteiger partial charge on any atom is -0.465 e. The highest BCUT2D eigenvalue weighted by Crippen LogP contribution is 2.27. The van der Waals surface area contributed by atoms with Crippen molar-refractivity contribution in [3.63, 3.8) is 0 Å². The highest BCUT2D eigenvalue weighted by atomic mass is 16.5. The number of aliphatic hydroxyl groups excluding tert-OH is 1. The second-order valence-corrected chi connectivity index (χ2v) is 3.78. The standard InChI is InChI=1S/C9H16O3/c1-6(2)9(11)12-5-7-3-8(10)4-7/h6-8,10H,3-5H2,1-2H3. The Morgan fingerprint density at radius 2 is 2.17 bits per heavy atom. The molecular formula is C9H16O3. The van der Waals surface area contributed by atoms with E-state index in [1.54, 1.807) is 0 Å². The van der Waals surface area contributed by atoms with Gasteiger partial charge in [0.25, 0.3) is 0 Å². The molecule has 1 fully saturated rings. The van der Waals surface area contributed by atoms with Gasteiger partial charge >= 0.3 is 5.97 Å². The summed E-state index contributed by atoms with van der Waals surface area (Å²) in [5.41, 5.74) is 0. The largest absolute Gasteiger partial charge is 0.465 e. The van der Waals surface area contributed by atoms with E-state index in [0.29, 0.717) is 12.5 Å². The fourth-order valence-electron chi connectivity index (χ4n) is 1.20. The van der Waals surface area contributed by atoms with Crippen LogP contribution in [0.15, 0.2) is 0 Å². The molecule has 0 aromatic carbocycles. The maximum atomic E-state index is 11.0. The highest BCUT2D eigenvalue weighted by Gasteiger charge is 2.28. The Bertz CT molecular complexity index is 159. The van der Waals surface area contributed by atoms with Crippen molar-refractivity contribution in [1.82, 2.24) is 0 Å². The first-order valence-corrected chi connectivity index (χ1v) is 4.44. The van der Waals surface area contributed by atoms with Gasteiger partial charge in [-0.15, -0.1) is 0 Å². The summed E-state index contributed by atoms with van der Waals surface area (Å²) < 4.78 is 5.01. The van der Waals surface area contributed by atoms with Gasteiger partial charge in [-0.25, -0.2) is 0 Å². The van der Waals surface area contributed by atoms with Gasteiger partial charge in [0, 0.05) is 0 Å². The third-order valence-electron chi connectivity index (χ3n) is 2.14. The monoisotopic (exact) mass is 172 g/mol. The third-order valence-corrected chi connectivity index (χ3v) is 2.14. The Morgan fingerprint density at radius 1 is 1.58 bits per heavy atom. The van der Waals surface area contributed by atoms with Crippen molar-refractivity contribution in [1.29, 1.82) is 0 Å². The van der Waals surface area contributed by atoms with Crippen LogP contribution in [-0.4, -0.2) is 23.8 Å². The molecule has 1 rings (SSSR count). The summed E-state index contributed by atoms with van der Waals surface area (Å²) in [5, 5.41) is 8.95. The predicted molar refractivity (Wildman–Crippen MR) is 44.5 cm³/mol. The number of aliphatic hydroxyl groups is 1. The first kappa shape index (κ1) is 9.52. The zero-order valence-electron chi connectivity index (χ0n) is 7.62. The topological polar surface area (TPSA) is 46.5 Å². The van der Waals surface area contributed by atoms with Crippen LogP contribution >= 0.6 is 0 Å². The smallest absolute Gasteiger partial charge is 0.308 e. The maximum absolute atomic E-state index is 11.0. The van der Waals surface area contributed by atoms with Crippen LogP contribution in [0.1, 0.15) is 26.7 Å². The van der Waals surface area contributed by atoms with Crippen LogP contribution in [0.25, 0.3) is 0 Å². The molecule has 0 atom stereocenters. The number of rotatable bonds is 3. The molecule has 12 heavy (non-hydrogen) atoms. The summed E-state index contributed by atoms with van der Waals surface area (Å²) in [6, 6.07) is 0. The fourth-order valence-corrected chi connectivity index (χ4v) is 1.20. The van der Waals surface area contributed by atoms with Crippen molar-refractivity contribution >= 4 is 5.97 Å². The van der Waals surface area contributed by atoms with Gasteiger partial charge in [0.15, 0.2) is 0 Å². The van der Waals surface area contributed by atoms with E-state index >= 15 is 0 Å². The number of hydrogen-bond acceptors (Lipinski definition) is 3. The second kappa shape index (κ2) is 3.90. The molecular weight excluding hydrogens is 156 g/mol. The van der Waals surface area contributed by atoms with Gasteiger partial charge < -0.3 is 9.84 Å². The Labute approximate surface area is 72.7 Å². The zero-order chi connectivity index (χ0) is 9.14. The van der Waals surface area contributed by atoms with E-state index in [4.69, 9.17) is 9.84 Å². The molecule has 3 nitrogen and oxygen atoms in total. The molecule has 0 aromatic heterocycles. The lowest BCUT2D eigenvalue weighted by Gasteiger charge is -2.30. The SMILES string of the molecule is CC(C)C(=O)OCC1CC(O)C1. The summed E-state index contributed by atoms with van der Waals surface area (Å²) in [7, 11) is 0. The Morgan fingerprint density at radius 3 is 2.58 bits per heavy atom. The molecule has 3 heteroatoms. The van der Waals surface area contributed by atoms with Gasteiger partial charge in [-0.1, -0.05) is 13.8 Å². The normalized spacial score (nSPS) is 28.3. The van der Waals surface area contributed by atoms with Crippen LogP contribution in [0.5, 0.6) is 0 Å². The molecule has 0 spiro atoms. The van der Waals surface area contributed by atoms with E-state index < -0.39 is 0 Å². The highest BCUT2D eigenvalue weighted by molar-refractivity contribution is 5.71. The van der Waals surface area contributed by atoms with E-state index in [-0.39, 0.29) is 18.0 Å². The number of carbonyl (C=O) groups is 1. The van der Waals surface area contributed by atoms with Crippen molar-refractivity contribution in [3.05, 3.63) is 0 Å². The summed E-state index contributed by atoms with van der Waals surface area (Å²) in [5.74, 6) is 0.203. The molecule has 0 bridgehead atoms. The molecule has 1 saturated carbocycles. The number of esters is 1. The number of carbonyl (C=O) groups excluding carboxylic acids is 1. The molecule has 70 valence electrons. The van der Waals surface area contributed by atoms with Gasteiger partial charge in [0.1, 0.15) is 0 Å². The summed E-state index contributed by atoms with van der Waals surface area (Å²) in [4.78, 5) is 11.0. The lowest BCUT2D eigenvalue weighted by molar-refractivity contribution is -0.151. The van der Waals surface area contributed by atoms with Gasteiger partial charge in [0.05, 0.1) is 18.6 Å². The average molecular weight is 172 g/mol. The molecule has 0 heterocycles. The lowest BCUT2D eigenvalue weighted by atomic mass is 9.83. The van der Waals surface area contributed by atoms with Crippen molar-refractivity contribution in [2.24, 2.45) is 11.8 Å². The Kier molecular flexibility index (Phi) is 3.09. The molecule has 1 aliphatic carbocycles. The first-order chi connectivity index (χ1) is 5.59. The van der Waals surface area contributed by atoms with Crippen molar-refractivity contribution < 1.29 is 14.6 Å². The fraction of sp³-hybridized carbons (Fsp3) is 0.889. The Balaban J connectivity index is 2.06. The number of hydrogen-bond donors (Lipinski definition) is 1. The van der Waals surface area contributed by atoms with Gasteiger partial charge in [-0.2, -0.15) is 0 Å². The van der Waals surface area contributed by atoms with E-state index in [1.165, 1.54) is 0 Å². The van der Waals surface area contributed by atoms with Crippen LogP contribution < -0.4 is 0 Å². The van der Waals surface area contributed by atoms with Crippen molar-refractivity contribution in [2.45, 2.75) is 32.8 Å². The van der Waals surface area contributed by atoms with Crippen molar-refractivity contribution in [2.75, 3.05) is 6.61 Å². The summed E-state index contributed by atoms with van der Waals surface area (Å²) >= 11 is 0. The molecule has 1 aliphatic rings.